The lowest BCUT2D eigenvalue weighted by Crippen LogP contribution is -2.40. The zero-order chi connectivity index (χ0) is 18.1. The van der Waals surface area contributed by atoms with Gasteiger partial charge in [0.05, 0.1) is 5.69 Å². The van der Waals surface area contributed by atoms with Crippen LogP contribution >= 0.6 is 0 Å². The van der Waals surface area contributed by atoms with Crippen LogP contribution in [0.2, 0.25) is 0 Å². The Balaban J connectivity index is 1.80. The van der Waals surface area contributed by atoms with E-state index in [1.165, 1.54) is 12.1 Å². The van der Waals surface area contributed by atoms with Crippen LogP contribution in [0.3, 0.4) is 0 Å². The monoisotopic (exact) mass is 346 g/mol. The summed E-state index contributed by atoms with van der Waals surface area (Å²) >= 11 is 0. The number of aliphatic imine (C=N–C) groups is 1. The van der Waals surface area contributed by atoms with Crippen LogP contribution in [-0.2, 0) is 6.42 Å². The van der Waals surface area contributed by atoms with Crippen molar-refractivity contribution in [3.63, 3.8) is 0 Å². The number of guanidine groups is 1. The van der Waals surface area contributed by atoms with E-state index in [0.29, 0.717) is 18.4 Å². The van der Waals surface area contributed by atoms with Crippen LogP contribution in [0.1, 0.15) is 32.4 Å². The Bertz CT molecular complexity index is 662. The highest BCUT2D eigenvalue weighted by molar-refractivity contribution is 5.79. The highest BCUT2D eigenvalue weighted by Crippen LogP contribution is 2.18. The summed E-state index contributed by atoms with van der Waals surface area (Å²) in [6, 6.07) is 6.12. The Morgan fingerprint density at radius 2 is 1.92 bits per heavy atom. The maximum Gasteiger partial charge on any atom is 0.226 e. The smallest absolute Gasteiger partial charge is 0.226 e. The molecule has 1 heterocycles. The molecule has 25 heavy (non-hydrogen) atoms. The number of nitrogens with one attached hydrogen (secondary N) is 2. The highest BCUT2D eigenvalue weighted by atomic mass is 19.1. The molecule has 5 nitrogen and oxygen atoms in total. The second-order valence-electron chi connectivity index (χ2n) is 5.96. The molecule has 2 rings (SSSR count). The SMILES string of the molecule is CCC(CC)CNC(=NC)NCCc1coc(-c2ccc(F)cc2)n1. The van der Waals surface area contributed by atoms with Crippen molar-refractivity contribution in [1.29, 1.82) is 0 Å². The molecule has 0 aliphatic rings. The van der Waals surface area contributed by atoms with Crippen molar-refractivity contribution in [2.75, 3.05) is 20.1 Å². The van der Waals surface area contributed by atoms with Gasteiger partial charge in [-0.25, -0.2) is 9.37 Å². The fourth-order valence-electron chi connectivity index (χ4n) is 2.49. The lowest BCUT2D eigenvalue weighted by atomic mass is 10.0. The lowest BCUT2D eigenvalue weighted by molar-refractivity contribution is 0.481. The number of halogens is 1. The molecule has 0 amide bonds. The predicted octanol–water partition coefficient (Wildman–Crippen LogP) is 3.62. The van der Waals surface area contributed by atoms with Crippen LogP contribution in [0.4, 0.5) is 4.39 Å². The van der Waals surface area contributed by atoms with Crippen molar-refractivity contribution in [3.8, 4) is 11.5 Å². The third-order valence-corrected chi connectivity index (χ3v) is 4.25. The summed E-state index contributed by atoms with van der Waals surface area (Å²) < 4.78 is 18.4. The molecule has 136 valence electrons. The average Bonchev–Trinajstić information content (AvgIpc) is 3.10. The van der Waals surface area contributed by atoms with E-state index in [0.717, 1.165) is 43.0 Å². The van der Waals surface area contributed by atoms with E-state index in [9.17, 15) is 4.39 Å². The molecule has 0 saturated carbocycles. The van der Waals surface area contributed by atoms with Gasteiger partial charge in [0.15, 0.2) is 5.96 Å². The first-order valence-electron chi connectivity index (χ1n) is 8.81. The molecular weight excluding hydrogens is 319 g/mol. The zero-order valence-electron chi connectivity index (χ0n) is 15.2. The van der Waals surface area contributed by atoms with E-state index in [1.807, 2.05) is 0 Å². The van der Waals surface area contributed by atoms with Gasteiger partial charge in [-0.1, -0.05) is 26.7 Å². The number of hydrogen-bond donors (Lipinski definition) is 2. The van der Waals surface area contributed by atoms with Gasteiger partial charge in [-0.15, -0.1) is 0 Å². The van der Waals surface area contributed by atoms with Crippen molar-refractivity contribution in [3.05, 3.63) is 42.0 Å². The molecule has 6 heteroatoms. The molecule has 0 bridgehead atoms. The Morgan fingerprint density at radius 1 is 1.20 bits per heavy atom. The van der Waals surface area contributed by atoms with Crippen LogP contribution in [-0.4, -0.2) is 31.1 Å². The lowest BCUT2D eigenvalue weighted by Gasteiger charge is -2.16. The van der Waals surface area contributed by atoms with E-state index in [2.05, 4.69) is 34.5 Å². The molecule has 1 aromatic heterocycles. The van der Waals surface area contributed by atoms with E-state index >= 15 is 0 Å². The largest absolute Gasteiger partial charge is 0.444 e. The van der Waals surface area contributed by atoms with Crippen LogP contribution in [0.5, 0.6) is 0 Å². The fraction of sp³-hybridized carbons (Fsp3) is 0.474. The van der Waals surface area contributed by atoms with Gasteiger partial charge in [0.25, 0.3) is 0 Å². The Hall–Kier alpha value is -2.37. The Morgan fingerprint density at radius 3 is 2.56 bits per heavy atom. The summed E-state index contributed by atoms with van der Waals surface area (Å²) in [5, 5.41) is 6.64. The summed E-state index contributed by atoms with van der Waals surface area (Å²) in [4.78, 5) is 8.68. The molecule has 0 radical (unpaired) electrons. The van der Waals surface area contributed by atoms with Gasteiger partial charge >= 0.3 is 0 Å². The van der Waals surface area contributed by atoms with Crippen molar-refractivity contribution in [1.82, 2.24) is 15.6 Å². The molecule has 2 N–H and O–H groups in total. The number of benzene rings is 1. The van der Waals surface area contributed by atoms with Crippen LogP contribution in [0.25, 0.3) is 11.5 Å². The van der Waals surface area contributed by atoms with Gasteiger partial charge in [-0.3, -0.25) is 4.99 Å². The number of oxazole rings is 1. The molecule has 0 aliphatic heterocycles. The fourth-order valence-corrected chi connectivity index (χ4v) is 2.49. The van der Waals surface area contributed by atoms with Crippen molar-refractivity contribution in [2.45, 2.75) is 33.1 Å². The second kappa shape index (κ2) is 9.81. The van der Waals surface area contributed by atoms with Gasteiger partial charge in [0.1, 0.15) is 12.1 Å². The second-order valence-corrected chi connectivity index (χ2v) is 5.96. The minimum atomic E-state index is -0.271. The zero-order valence-corrected chi connectivity index (χ0v) is 15.2. The highest BCUT2D eigenvalue weighted by Gasteiger charge is 2.08. The molecule has 0 aliphatic carbocycles. The molecule has 0 fully saturated rings. The van der Waals surface area contributed by atoms with E-state index < -0.39 is 0 Å². The molecular formula is C19H27FN4O. The first-order chi connectivity index (χ1) is 12.2. The normalized spacial score (nSPS) is 11.8. The molecule has 0 spiro atoms. The maximum atomic E-state index is 13.0. The van der Waals surface area contributed by atoms with Crippen molar-refractivity contribution in [2.24, 2.45) is 10.9 Å². The minimum Gasteiger partial charge on any atom is -0.444 e. The molecule has 0 atom stereocenters. The Kier molecular flexibility index (Phi) is 7.44. The number of nitrogens with zero attached hydrogens (tertiary/aromatic N) is 2. The third kappa shape index (κ3) is 5.89. The minimum absolute atomic E-state index is 0.271. The topological polar surface area (TPSA) is 62.5 Å². The molecule has 0 saturated heterocycles. The van der Waals surface area contributed by atoms with Crippen molar-refractivity contribution >= 4 is 5.96 Å². The number of rotatable bonds is 8. The van der Waals surface area contributed by atoms with Crippen LogP contribution in [0.15, 0.2) is 39.9 Å². The summed E-state index contributed by atoms with van der Waals surface area (Å²) in [7, 11) is 1.77. The summed E-state index contributed by atoms with van der Waals surface area (Å²) in [6.07, 6.45) is 4.67. The first-order valence-corrected chi connectivity index (χ1v) is 8.81. The van der Waals surface area contributed by atoms with Gasteiger partial charge < -0.3 is 15.1 Å². The van der Waals surface area contributed by atoms with E-state index in [-0.39, 0.29) is 5.82 Å². The van der Waals surface area contributed by atoms with Gasteiger partial charge in [-0.2, -0.15) is 0 Å². The third-order valence-electron chi connectivity index (χ3n) is 4.25. The molecule has 2 aromatic rings. The Labute approximate surface area is 148 Å². The maximum absolute atomic E-state index is 13.0. The standard InChI is InChI=1S/C19H27FN4O/c1-4-14(5-2)12-23-19(21-3)22-11-10-17-13-25-18(24-17)15-6-8-16(20)9-7-15/h6-9,13-14H,4-5,10-12H2,1-3H3,(H2,21,22,23). The van der Waals surface area contributed by atoms with Crippen LogP contribution in [0, 0.1) is 11.7 Å². The summed E-state index contributed by atoms with van der Waals surface area (Å²) in [5.41, 5.74) is 1.62. The number of aromatic nitrogens is 1. The van der Waals surface area contributed by atoms with Gasteiger partial charge in [0, 0.05) is 32.1 Å². The predicted molar refractivity (Wildman–Crippen MR) is 99.0 cm³/mol. The number of hydrogen-bond acceptors (Lipinski definition) is 3. The molecule has 1 aromatic carbocycles. The van der Waals surface area contributed by atoms with Gasteiger partial charge in [0.2, 0.25) is 5.89 Å². The average molecular weight is 346 g/mol. The summed E-state index contributed by atoms with van der Waals surface area (Å²) in [6.45, 7) is 6.04. The van der Waals surface area contributed by atoms with Crippen molar-refractivity contribution < 1.29 is 8.81 Å². The summed E-state index contributed by atoms with van der Waals surface area (Å²) in [5.74, 6) is 1.69. The quantitative estimate of drug-likeness (QED) is 0.566. The van der Waals surface area contributed by atoms with Gasteiger partial charge in [-0.05, 0) is 30.2 Å². The first kappa shape index (κ1) is 19.0. The molecule has 0 unspecified atom stereocenters. The van der Waals surface area contributed by atoms with E-state index in [4.69, 9.17) is 4.42 Å². The van der Waals surface area contributed by atoms with E-state index in [1.54, 1.807) is 25.4 Å². The van der Waals surface area contributed by atoms with Crippen LogP contribution < -0.4 is 10.6 Å².